The van der Waals surface area contributed by atoms with Crippen molar-refractivity contribution in [2.75, 3.05) is 6.61 Å². The van der Waals surface area contributed by atoms with Gasteiger partial charge in [0.25, 0.3) is 0 Å². The number of phenolic OH excluding ortho intramolecular Hbond substituents is 4. The fraction of sp³-hybridized carbons (Fsp3) is 0.250. The molecule has 170 valence electrons. The Morgan fingerprint density at radius 2 is 1.59 bits per heavy atom. The summed E-state index contributed by atoms with van der Waals surface area (Å²) in [5.41, 5.74) is -1.48. The van der Waals surface area contributed by atoms with Gasteiger partial charge in [0.2, 0.25) is 23.2 Å². The first-order valence-corrected chi connectivity index (χ1v) is 9.19. The van der Waals surface area contributed by atoms with E-state index in [1.807, 2.05) is 0 Å². The second kappa shape index (κ2) is 7.76. The third-order valence-electron chi connectivity index (χ3n) is 4.95. The summed E-state index contributed by atoms with van der Waals surface area (Å²) in [6, 6.07) is 3.88. The lowest BCUT2D eigenvalue weighted by Crippen LogP contribution is -2.54. The predicted molar refractivity (Wildman–Crippen MR) is 105 cm³/mol. The van der Waals surface area contributed by atoms with E-state index < -0.39 is 75.7 Å². The predicted octanol–water partition coefficient (Wildman–Crippen LogP) is -0.194. The Labute approximate surface area is 178 Å². The van der Waals surface area contributed by atoms with Crippen molar-refractivity contribution < 1.29 is 54.7 Å². The number of aromatic hydroxyl groups is 5. The minimum absolute atomic E-state index is 0.166. The number of phenols is 4. The molecule has 2 heterocycles. The van der Waals surface area contributed by atoms with Crippen LogP contribution in [0.2, 0.25) is 0 Å². The van der Waals surface area contributed by atoms with Crippen molar-refractivity contribution >= 4 is 11.0 Å². The third kappa shape index (κ3) is 3.50. The van der Waals surface area contributed by atoms with E-state index in [9.17, 15) is 45.6 Å². The average molecular weight is 450 g/mol. The fourth-order valence-corrected chi connectivity index (χ4v) is 3.29. The summed E-state index contributed by atoms with van der Waals surface area (Å²) in [5, 5.41) is 79.0. The highest BCUT2D eigenvalue weighted by molar-refractivity contribution is 5.88. The lowest BCUT2D eigenvalue weighted by molar-refractivity contribution is -0.242. The molecule has 1 aliphatic rings. The van der Waals surface area contributed by atoms with Crippen molar-refractivity contribution in [3.8, 4) is 45.8 Å². The van der Waals surface area contributed by atoms with E-state index in [2.05, 4.69) is 0 Å². The van der Waals surface area contributed by atoms with Gasteiger partial charge in [-0.15, -0.1) is 0 Å². The Hall–Kier alpha value is -3.71. The quantitative estimate of drug-likeness (QED) is 0.244. The van der Waals surface area contributed by atoms with Gasteiger partial charge in [-0.1, -0.05) is 0 Å². The molecule has 0 aliphatic carbocycles. The Morgan fingerprint density at radius 1 is 0.875 bits per heavy atom. The molecule has 0 saturated carbocycles. The molecule has 3 aromatic rings. The molecule has 0 bridgehead atoms. The van der Waals surface area contributed by atoms with E-state index in [0.29, 0.717) is 0 Å². The van der Waals surface area contributed by atoms with Crippen LogP contribution in [-0.4, -0.2) is 72.1 Å². The van der Waals surface area contributed by atoms with Crippen LogP contribution in [0, 0.1) is 0 Å². The maximum atomic E-state index is 12.5. The van der Waals surface area contributed by atoms with Crippen LogP contribution in [0.3, 0.4) is 0 Å². The molecule has 4 rings (SSSR count). The normalized spacial score (nSPS) is 23.3. The van der Waals surface area contributed by atoms with Crippen LogP contribution in [0.4, 0.5) is 0 Å². The molecule has 4 unspecified atom stereocenters. The molecule has 12 nitrogen and oxygen atoms in total. The largest absolute Gasteiger partial charge is 0.508 e. The van der Waals surface area contributed by atoms with Gasteiger partial charge in [-0.25, -0.2) is 0 Å². The summed E-state index contributed by atoms with van der Waals surface area (Å²) >= 11 is 0. The number of aliphatic hydroxyl groups is 3. The molecule has 0 radical (unpaired) electrons. The zero-order valence-electron chi connectivity index (χ0n) is 16.0. The number of aliphatic hydroxyl groups excluding tert-OH is 3. The number of hydrogen-bond acceptors (Lipinski definition) is 12. The maximum absolute atomic E-state index is 12.5. The van der Waals surface area contributed by atoms with Gasteiger partial charge in [-0.2, -0.15) is 0 Å². The smallest absolute Gasteiger partial charge is 0.238 e. The standard InChI is InChI=1S/C20H18O12/c21-7-3-8(22)13-11(4-7)31-19(17(28)16(13)27)6-1-9(23)14(25)12(2-6)32-20-18(29)15(26)10(24)5-30-20/h1-4,10,15,18,20-26,28-29H,5H2. The number of ether oxygens (including phenoxy) is 2. The maximum Gasteiger partial charge on any atom is 0.238 e. The molecule has 1 fully saturated rings. The molecule has 1 aliphatic heterocycles. The fourth-order valence-electron chi connectivity index (χ4n) is 3.29. The van der Waals surface area contributed by atoms with Crippen molar-refractivity contribution in [2.24, 2.45) is 0 Å². The highest BCUT2D eigenvalue weighted by Gasteiger charge is 2.39. The topological polar surface area (TPSA) is 211 Å². The van der Waals surface area contributed by atoms with Crippen molar-refractivity contribution in [3.63, 3.8) is 0 Å². The molecule has 32 heavy (non-hydrogen) atoms. The van der Waals surface area contributed by atoms with E-state index in [1.54, 1.807) is 0 Å². The van der Waals surface area contributed by atoms with Crippen LogP contribution in [0.25, 0.3) is 22.3 Å². The third-order valence-corrected chi connectivity index (χ3v) is 4.95. The zero-order valence-corrected chi connectivity index (χ0v) is 16.0. The summed E-state index contributed by atoms with van der Waals surface area (Å²) in [4.78, 5) is 12.5. The summed E-state index contributed by atoms with van der Waals surface area (Å²) in [7, 11) is 0. The first kappa shape index (κ1) is 21.5. The van der Waals surface area contributed by atoms with Gasteiger partial charge < -0.3 is 54.7 Å². The van der Waals surface area contributed by atoms with Crippen LogP contribution in [0.1, 0.15) is 0 Å². The lowest BCUT2D eigenvalue weighted by Gasteiger charge is -2.35. The second-order valence-electron chi connectivity index (χ2n) is 7.16. The molecule has 8 N–H and O–H groups in total. The monoisotopic (exact) mass is 450 g/mol. The van der Waals surface area contributed by atoms with Crippen LogP contribution in [-0.2, 0) is 4.74 Å². The molecule has 2 aromatic carbocycles. The molecular weight excluding hydrogens is 432 g/mol. The number of hydrogen-bond donors (Lipinski definition) is 8. The Morgan fingerprint density at radius 3 is 2.31 bits per heavy atom. The van der Waals surface area contributed by atoms with Crippen molar-refractivity contribution in [2.45, 2.75) is 24.6 Å². The van der Waals surface area contributed by atoms with Crippen molar-refractivity contribution in [3.05, 3.63) is 34.5 Å². The Kier molecular flexibility index (Phi) is 5.22. The van der Waals surface area contributed by atoms with Gasteiger partial charge in [0.15, 0.2) is 17.3 Å². The first-order chi connectivity index (χ1) is 15.1. The van der Waals surface area contributed by atoms with Gasteiger partial charge in [0.05, 0.1) is 6.61 Å². The van der Waals surface area contributed by atoms with Gasteiger partial charge in [0, 0.05) is 17.7 Å². The highest BCUT2D eigenvalue weighted by atomic mass is 16.7. The SMILES string of the molecule is O=c1c(O)c(-c2cc(O)c(O)c(OC3OCC(O)C(O)C3O)c2)oc2cc(O)cc(O)c12. The summed E-state index contributed by atoms with van der Waals surface area (Å²) < 4.78 is 15.9. The Bertz CT molecular complexity index is 1250. The van der Waals surface area contributed by atoms with Gasteiger partial charge in [-0.3, -0.25) is 4.79 Å². The summed E-state index contributed by atoms with van der Waals surface area (Å²) in [6.45, 7) is -0.386. The minimum atomic E-state index is -1.71. The first-order valence-electron chi connectivity index (χ1n) is 9.19. The second-order valence-corrected chi connectivity index (χ2v) is 7.16. The van der Waals surface area contributed by atoms with Crippen LogP contribution >= 0.6 is 0 Å². The van der Waals surface area contributed by atoms with Crippen molar-refractivity contribution in [1.82, 2.24) is 0 Å². The number of rotatable bonds is 3. The molecule has 0 amide bonds. The van der Waals surface area contributed by atoms with E-state index in [0.717, 1.165) is 24.3 Å². The van der Waals surface area contributed by atoms with E-state index >= 15 is 0 Å². The van der Waals surface area contributed by atoms with E-state index in [1.165, 1.54) is 0 Å². The molecule has 1 saturated heterocycles. The lowest BCUT2D eigenvalue weighted by atomic mass is 10.1. The number of fused-ring (bicyclic) bond motifs is 1. The molecule has 4 atom stereocenters. The van der Waals surface area contributed by atoms with Gasteiger partial charge >= 0.3 is 0 Å². The molecule has 1 aromatic heterocycles. The average Bonchev–Trinajstić information content (AvgIpc) is 2.73. The van der Waals surface area contributed by atoms with Crippen LogP contribution in [0.5, 0.6) is 34.5 Å². The summed E-state index contributed by atoms with van der Waals surface area (Å²) in [5.74, 6) is -4.51. The highest BCUT2D eigenvalue weighted by Crippen LogP contribution is 2.43. The van der Waals surface area contributed by atoms with Crippen LogP contribution < -0.4 is 10.2 Å². The van der Waals surface area contributed by atoms with Crippen LogP contribution in [0.15, 0.2) is 33.5 Å². The van der Waals surface area contributed by atoms with Crippen molar-refractivity contribution in [1.29, 1.82) is 0 Å². The van der Waals surface area contributed by atoms with Gasteiger partial charge in [0.1, 0.15) is 40.8 Å². The zero-order chi connectivity index (χ0) is 23.3. The van der Waals surface area contributed by atoms with E-state index in [4.69, 9.17) is 13.9 Å². The molecule has 12 heteroatoms. The Balaban J connectivity index is 1.81. The summed E-state index contributed by atoms with van der Waals surface area (Å²) in [6.07, 6.45) is -6.22. The minimum Gasteiger partial charge on any atom is -0.508 e. The molecule has 0 spiro atoms. The molecular formula is C20H18O12. The number of benzene rings is 2. The van der Waals surface area contributed by atoms with E-state index in [-0.39, 0.29) is 17.8 Å². The van der Waals surface area contributed by atoms with Gasteiger partial charge in [-0.05, 0) is 12.1 Å².